The molecule has 0 rings (SSSR count). The fraction of sp³-hybridized carbons (Fsp3) is 0.833. The van der Waals surface area contributed by atoms with E-state index in [-0.39, 0.29) is 33.9 Å². The second-order valence-electron chi connectivity index (χ2n) is 5.20. The molecule has 0 aliphatic rings. The van der Waals surface area contributed by atoms with Gasteiger partial charge in [0.1, 0.15) is 11.9 Å². The maximum absolute atomic E-state index is 8.93. The summed E-state index contributed by atoms with van der Waals surface area (Å²) < 4.78 is 0.731. The van der Waals surface area contributed by atoms with Crippen LogP contribution in [0.1, 0.15) is 26.2 Å². The van der Waals surface area contributed by atoms with Gasteiger partial charge in [-0.2, -0.15) is 0 Å². The van der Waals surface area contributed by atoms with Crippen molar-refractivity contribution < 1.29 is 38.1 Å². The molecule has 0 aromatic heterocycles. The van der Waals surface area contributed by atoms with E-state index < -0.39 is 10.3 Å². The van der Waals surface area contributed by atoms with E-state index in [1.54, 1.807) is 0 Å². The Labute approximate surface area is 172 Å². The van der Waals surface area contributed by atoms with Crippen LogP contribution in [0.5, 0.6) is 0 Å². The summed E-state index contributed by atoms with van der Waals surface area (Å²) in [5.41, 5.74) is 10.9. The summed E-state index contributed by atoms with van der Waals surface area (Å²) in [7, 11) is -0.346. The molecule has 0 heterocycles. The predicted octanol–water partition coefficient (Wildman–Crippen LogP) is -1.58. The van der Waals surface area contributed by atoms with Gasteiger partial charge in [0.15, 0.2) is 5.50 Å². The quantitative estimate of drug-likeness (QED) is 0.0415. The molecule has 24 heavy (non-hydrogen) atoms. The van der Waals surface area contributed by atoms with E-state index in [4.69, 9.17) is 32.0 Å². The number of nitrogens with zero attached hydrogens (tertiary/aromatic N) is 1. The topological polar surface area (TPSA) is 145 Å². The molecule has 10 N–H and O–H groups in total. The molecule has 2 atom stereocenters. The van der Waals surface area contributed by atoms with Gasteiger partial charge in [0.2, 0.25) is 0 Å². The molecule has 0 saturated carbocycles. The van der Waals surface area contributed by atoms with Crippen molar-refractivity contribution >= 4 is 49.1 Å². The summed E-state index contributed by atoms with van der Waals surface area (Å²) in [6.45, 7) is 5.15. The number of quaternary nitrogens is 1. The summed E-state index contributed by atoms with van der Waals surface area (Å²) in [5, 5.41) is 28.8. The molecule has 7 nitrogen and oxygen atoms in total. The Morgan fingerprint density at radius 3 is 1.79 bits per heavy atom. The average Bonchev–Trinajstić information content (AvgIpc) is 2.42. The molecule has 146 valence electrons. The summed E-state index contributed by atoms with van der Waals surface area (Å²) in [5.74, 6) is 7.36. The van der Waals surface area contributed by atoms with Crippen LogP contribution in [0.25, 0.3) is 0 Å². The summed E-state index contributed by atoms with van der Waals surface area (Å²) in [6, 6.07) is 0. The molecule has 0 aliphatic heterocycles. The molecular formula is C12H38HgN5O2S3Si+. The van der Waals surface area contributed by atoms with Crippen LogP contribution in [0.3, 0.4) is 0 Å². The first-order valence-corrected chi connectivity index (χ1v) is 19.0. The molecule has 0 fully saturated rings. The molecule has 12 heteroatoms. The van der Waals surface area contributed by atoms with Crippen LogP contribution in [0, 0.1) is 0 Å². The van der Waals surface area contributed by atoms with Crippen LogP contribution < -0.4 is 21.7 Å². The third kappa shape index (κ3) is 17.1. The van der Waals surface area contributed by atoms with Crippen molar-refractivity contribution in [3.63, 3.8) is 0 Å². The molecular weight excluding hydrogens is 571 g/mol. The standard InChI is InChI=1S/C10H26N3O2S.C2H8N2S2.Hg.H4Si/c1-2-5-13(6-3-8-14,7-4-9-15)16-10(11)12;1-5(3)6(2)4;;/h10,14-15H,2-9,11-12H2,1H3;1-4H2;;1H4/q+1;;;. The van der Waals surface area contributed by atoms with Crippen LogP contribution in [-0.4, -0.2) is 75.2 Å². The SMILES string of the molecule is C=S(N)[S](=C)(N)=[Hg].CCC[N+](CCCO)(CCCO)SC(N)N.[SiH4]. The van der Waals surface area contributed by atoms with Gasteiger partial charge in [0, 0.05) is 26.1 Å². The second-order valence-corrected chi connectivity index (χ2v) is 29.4. The number of aliphatic hydroxyl groups excluding tert-OH is 2. The third-order valence-electron chi connectivity index (χ3n) is 2.85. The van der Waals surface area contributed by atoms with E-state index in [1.165, 1.54) is 11.9 Å². The maximum Gasteiger partial charge on any atom is 0.156 e. The normalized spacial score (nSPS) is 15.1. The monoisotopic (exact) mass is 610 g/mol. The van der Waals surface area contributed by atoms with E-state index in [0.29, 0.717) is 24.0 Å². The Kier molecular flexibility index (Phi) is 21.3. The molecule has 0 aliphatic carbocycles. The van der Waals surface area contributed by atoms with Gasteiger partial charge in [0.05, 0.1) is 19.6 Å². The van der Waals surface area contributed by atoms with Crippen molar-refractivity contribution in [3.8, 4) is 0 Å². The van der Waals surface area contributed by atoms with Crippen LogP contribution in [0.15, 0.2) is 0 Å². The summed E-state index contributed by atoms with van der Waals surface area (Å²) in [6.07, 6.45) is 2.52. The minimum Gasteiger partial charge on any atom is -0.396 e. The van der Waals surface area contributed by atoms with Crippen molar-refractivity contribution in [2.45, 2.75) is 31.7 Å². The zero-order valence-electron chi connectivity index (χ0n) is 14.2. The van der Waals surface area contributed by atoms with Crippen molar-refractivity contribution in [1.29, 1.82) is 0 Å². The zero-order valence-corrected chi connectivity index (χ0v) is 22.2. The zero-order chi connectivity index (χ0) is 18.5. The molecule has 0 spiro atoms. The Bertz CT molecular complexity index is 419. The Hall–Kier alpha value is 1.66. The molecule has 2 unspecified atom stereocenters. The summed E-state index contributed by atoms with van der Waals surface area (Å²) >= 11 is 2.03. The van der Waals surface area contributed by atoms with Crippen LogP contribution in [0.4, 0.5) is 0 Å². The third-order valence-corrected chi connectivity index (χ3v) is 18.1. The number of hydrogen-bond acceptors (Lipinski definition) is 7. The van der Waals surface area contributed by atoms with Gasteiger partial charge in [-0.1, -0.05) is 6.92 Å². The van der Waals surface area contributed by atoms with Gasteiger partial charge in [-0.3, -0.25) is 3.89 Å². The largest absolute Gasteiger partial charge is 0.396 e. The predicted molar refractivity (Wildman–Crippen MR) is 117 cm³/mol. The van der Waals surface area contributed by atoms with Gasteiger partial charge < -0.3 is 21.7 Å². The summed E-state index contributed by atoms with van der Waals surface area (Å²) in [4.78, 5) is -1.10. The number of rotatable bonds is 11. The molecule has 0 bridgehead atoms. The molecule has 0 aromatic rings. The van der Waals surface area contributed by atoms with Crippen LogP contribution in [0.2, 0.25) is 0 Å². The van der Waals surface area contributed by atoms with E-state index in [2.05, 4.69) is 18.7 Å². The van der Waals surface area contributed by atoms with Crippen molar-refractivity contribution in [2.24, 2.45) is 21.7 Å². The van der Waals surface area contributed by atoms with Gasteiger partial charge in [-0.05, 0) is 17.4 Å². The molecule has 0 radical (unpaired) electrons. The minimum absolute atomic E-state index is 0. The van der Waals surface area contributed by atoms with Crippen molar-refractivity contribution in [1.82, 2.24) is 0 Å². The van der Waals surface area contributed by atoms with Crippen molar-refractivity contribution in [3.05, 3.63) is 0 Å². The number of nitrogens with two attached hydrogens (primary N) is 4. The van der Waals surface area contributed by atoms with E-state index in [9.17, 15) is 0 Å². The van der Waals surface area contributed by atoms with Crippen molar-refractivity contribution in [2.75, 3.05) is 32.8 Å². The fourth-order valence-electron chi connectivity index (χ4n) is 1.88. The minimum atomic E-state index is -1.10. The Morgan fingerprint density at radius 1 is 1.21 bits per heavy atom. The van der Waals surface area contributed by atoms with Gasteiger partial charge in [-0.15, -0.1) is 0 Å². The second kappa shape index (κ2) is 16.8. The first-order valence-electron chi connectivity index (χ1n) is 7.38. The average molecular weight is 609 g/mol. The van der Waals surface area contributed by atoms with Gasteiger partial charge in [-0.25, -0.2) is 0 Å². The van der Waals surface area contributed by atoms with E-state index in [0.717, 1.165) is 42.8 Å². The molecule has 0 amide bonds. The Morgan fingerprint density at radius 2 is 1.58 bits per heavy atom. The molecule has 0 saturated heterocycles. The Balaban J connectivity index is -0.000000468. The van der Waals surface area contributed by atoms with Crippen LogP contribution >= 0.6 is 26.4 Å². The smallest absolute Gasteiger partial charge is 0.156 e. The van der Waals surface area contributed by atoms with Gasteiger partial charge in [0.25, 0.3) is 0 Å². The molecule has 0 aromatic carbocycles. The van der Waals surface area contributed by atoms with Gasteiger partial charge >= 0.3 is 60.5 Å². The van der Waals surface area contributed by atoms with E-state index in [1.807, 2.05) is 0 Å². The van der Waals surface area contributed by atoms with Crippen LogP contribution in [-0.2, 0) is 24.0 Å². The number of aliphatic hydroxyl groups is 2. The maximum atomic E-state index is 8.93. The van der Waals surface area contributed by atoms with E-state index >= 15 is 0 Å². The fourth-order valence-corrected chi connectivity index (χ4v) is 3.15. The first-order chi connectivity index (χ1) is 10.5. The number of hydrogen-bond donors (Lipinski definition) is 6. The first kappa shape index (κ1) is 30.4.